The molecule has 3 N–H and O–H groups in total. The maximum absolute atomic E-state index is 9.99. The van der Waals surface area contributed by atoms with Crippen molar-refractivity contribution >= 4 is 0 Å². The van der Waals surface area contributed by atoms with Crippen LogP contribution >= 0.6 is 0 Å². The molecule has 0 bridgehead atoms. The van der Waals surface area contributed by atoms with Crippen molar-refractivity contribution in [2.75, 3.05) is 52.4 Å². The van der Waals surface area contributed by atoms with Gasteiger partial charge in [0.05, 0.1) is 18.4 Å². The van der Waals surface area contributed by atoms with Crippen LogP contribution in [0.3, 0.4) is 0 Å². The van der Waals surface area contributed by atoms with Gasteiger partial charge in [-0.05, 0) is 19.9 Å². The smallest absolute Gasteiger partial charge is 0.138 e. The number of aromatic nitrogens is 1. The predicted octanol–water partition coefficient (Wildman–Crippen LogP) is -0.0316. The first-order chi connectivity index (χ1) is 11.9. The lowest BCUT2D eigenvalue weighted by molar-refractivity contribution is 0.102. The fourth-order valence-electron chi connectivity index (χ4n) is 3.24. The molecule has 1 aliphatic heterocycles. The zero-order valence-electron chi connectivity index (χ0n) is 15.4. The summed E-state index contributed by atoms with van der Waals surface area (Å²) in [6.07, 6.45) is 2.46. The molecule has 0 spiro atoms. The number of pyridine rings is 1. The summed E-state index contributed by atoms with van der Waals surface area (Å²) in [5.74, 6) is 0.226. The van der Waals surface area contributed by atoms with E-state index in [9.17, 15) is 15.3 Å². The molecule has 142 valence electrons. The molecule has 1 saturated heterocycles. The molecule has 1 aromatic heterocycles. The van der Waals surface area contributed by atoms with E-state index in [1.807, 2.05) is 19.9 Å². The third kappa shape index (κ3) is 7.25. The molecule has 0 aromatic carbocycles. The number of hydrogen-bond donors (Lipinski definition) is 3. The Hall–Kier alpha value is -1.25. The number of aliphatic hydroxyl groups excluding tert-OH is 2. The van der Waals surface area contributed by atoms with E-state index >= 15 is 0 Å². The topological polar surface area (TPSA) is 83.3 Å². The normalized spacial score (nSPS) is 21.3. The van der Waals surface area contributed by atoms with Gasteiger partial charge < -0.3 is 15.3 Å². The summed E-state index contributed by atoms with van der Waals surface area (Å²) in [4.78, 5) is 10.8. The van der Waals surface area contributed by atoms with Crippen molar-refractivity contribution in [1.29, 1.82) is 0 Å². The number of aliphatic hydroxyl groups is 2. The standard InChI is InChI=1S/C18H32N4O3/c1-15(23)12-20-5-6-21(13-16(2)24)8-10-22(9-7-20)14-17-3-4-19-11-18(17)25/h3-4,11,15-16,23-25H,5-10,12-14H2,1-2H3/t15-,16-/m0/s1. The van der Waals surface area contributed by atoms with Crippen LogP contribution in [0.1, 0.15) is 19.4 Å². The van der Waals surface area contributed by atoms with Crippen LogP contribution in [0.4, 0.5) is 0 Å². The number of aromatic hydroxyl groups is 1. The van der Waals surface area contributed by atoms with Crippen molar-refractivity contribution in [2.45, 2.75) is 32.6 Å². The van der Waals surface area contributed by atoms with Crippen LogP contribution in [0, 0.1) is 0 Å². The largest absolute Gasteiger partial charge is 0.506 e. The number of rotatable bonds is 6. The van der Waals surface area contributed by atoms with Crippen LogP contribution in [0.2, 0.25) is 0 Å². The molecule has 1 aromatic rings. The summed E-state index contributed by atoms with van der Waals surface area (Å²) in [6.45, 7) is 10.8. The van der Waals surface area contributed by atoms with Crippen molar-refractivity contribution in [3.63, 3.8) is 0 Å². The zero-order chi connectivity index (χ0) is 18.2. The van der Waals surface area contributed by atoms with Gasteiger partial charge in [0.1, 0.15) is 5.75 Å². The van der Waals surface area contributed by atoms with E-state index in [1.165, 1.54) is 6.20 Å². The minimum atomic E-state index is -0.358. The molecule has 0 radical (unpaired) electrons. The molecule has 0 unspecified atom stereocenters. The van der Waals surface area contributed by atoms with Gasteiger partial charge in [-0.25, -0.2) is 0 Å². The first kappa shape index (κ1) is 20.1. The highest BCUT2D eigenvalue weighted by molar-refractivity contribution is 5.27. The number of nitrogens with zero attached hydrogens (tertiary/aromatic N) is 4. The van der Waals surface area contributed by atoms with Crippen LogP contribution < -0.4 is 0 Å². The molecule has 0 aliphatic carbocycles. The highest BCUT2D eigenvalue weighted by Crippen LogP contribution is 2.16. The Morgan fingerprint density at radius 3 is 1.84 bits per heavy atom. The van der Waals surface area contributed by atoms with Crippen molar-refractivity contribution < 1.29 is 15.3 Å². The summed E-state index contributed by atoms with van der Waals surface area (Å²) in [5, 5.41) is 29.5. The SMILES string of the molecule is C[C@H](O)CN1CCN(Cc2ccncc2O)CCN(C[C@H](C)O)CC1. The summed E-state index contributed by atoms with van der Waals surface area (Å²) in [5.41, 5.74) is 0.874. The van der Waals surface area contributed by atoms with E-state index in [0.29, 0.717) is 19.6 Å². The van der Waals surface area contributed by atoms with E-state index in [-0.39, 0.29) is 18.0 Å². The van der Waals surface area contributed by atoms with Crippen LogP contribution in [-0.2, 0) is 6.54 Å². The monoisotopic (exact) mass is 352 g/mol. The highest BCUT2D eigenvalue weighted by Gasteiger charge is 2.19. The Labute approximate surface area is 150 Å². The second-order valence-electron chi connectivity index (χ2n) is 7.08. The summed E-state index contributed by atoms with van der Waals surface area (Å²) in [6, 6.07) is 1.85. The van der Waals surface area contributed by atoms with Gasteiger partial charge in [0.25, 0.3) is 0 Å². The average molecular weight is 352 g/mol. The van der Waals surface area contributed by atoms with Gasteiger partial charge in [-0.1, -0.05) is 0 Å². The fourth-order valence-corrected chi connectivity index (χ4v) is 3.24. The zero-order valence-corrected chi connectivity index (χ0v) is 15.4. The maximum Gasteiger partial charge on any atom is 0.138 e. The van der Waals surface area contributed by atoms with Crippen LogP contribution in [-0.4, -0.2) is 99.6 Å². The van der Waals surface area contributed by atoms with Gasteiger partial charge >= 0.3 is 0 Å². The molecule has 2 heterocycles. The second kappa shape index (κ2) is 10.0. The van der Waals surface area contributed by atoms with Crippen molar-refractivity contribution in [3.05, 3.63) is 24.0 Å². The third-order valence-corrected chi connectivity index (χ3v) is 4.52. The summed E-state index contributed by atoms with van der Waals surface area (Å²) >= 11 is 0. The van der Waals surface area contributed by atoms with Gasteiger partial charge in [-0.2, -0.15) is 0 Å². The Balaban J connectivity index is 2.04. The molecule has 2 atom stereocenters. The fraction of sp³-hybridized carbons (Fsp3) is 0.722. The van der Waals surface area contributed by atoms with E-state index in [0.717, 1.165) is 44.8 Å². The Morgan fingerprint density at radius 2 is 1.40 bits per heavy atom. The molecular formula is C18H32N4O3. The van der Waals surface area contributed by atoms with Gasteiger partial charge in [-0.3, -0.25) is 19.7 Å². The highest BCUT2D eigenvalue weighted by atomic mass is 16.3. The predicted molar refractivity (Wildman–Crippen MR) is 97.4 cm³/mol. The average Bonchev–Trinajstić information content (AvgIpc) is 2.62. The van der Waals surface area contributed by atoms with E-state index < -0.39 is 0 Å². The molecule has 1 fully saturated rings. The van der Waals surface area contributed by atoms with Gasteiger partial charge in [0.15, 0.2) is 0 Å². The Kier molecular flexibility index (Phi) is 8.05. The Morgan fingerprint density at radius 1 is 0.920 bits per heavy atom. The van der Waals surface area contributed by atoms with Gasteiger partial charge in [-0.15, -0.1) is 0 Å². The molecule has 7 nitrogen and oxygen atoms in total. The molecule has 1 aliphatic rings. The minimum Gasteiger partial charge on any atom is -0.506 e. The van der Waals surface area contributed by atoms with Crippen molar-refractivity contribution in [3.8, 4) is 5.75 Å². The molecular weight excluding hydrogens is 320 g/mol. The van der Waals surface area contributed by atoms with E-state index in [2.05, 4.69) is 19.7 Å². The van der Waals surface area contributed by atoms with E-state index in [1.54, 1.807) is 6.20 Å². The molecule has 25 heavy (non-hydrogen) atoms. The second-order valence-corrected chi connectivity index (χ2v) is 7.08. The third-order valence-electron chi connectivity index (χ3n) is 4.52. The molecule has 2 rings (SSSR count). The van der Waals surface area contributed by atoms with Crippen LogP contribution in [0.15, 0.2) is 18.5 Å². The number of β-amino-alcohol motifs (C(OH)–C–C–N with tert-alkyl or cyclic N) is 2. The van der Waals surface area contributed by atoms with Crippen molar-refractivity contribution in [2.24, 2.45) is 0 Å². The van der Waals surface area contributed by atoms with Gasteiger partial charge in [0, 0.05) is 70.7 Å². The minimum absolute atomic E-state index is 0.226. The van der Waals surface area contributed by atoms with Crippen LogP contribution in [0.5, 0.6) is 5.75 Å². The molecule has 7 heteroatoms. The lowest BCUT2D eigenvalue weighted by Crippen LogP contribution is -2.41. The quantitative estimate of drug-likeness (QED) is 0.663. The van der Waals surface area contributed by atoms with Crippen LogP contribution in [0.25, 0.3) is 0 Å². The van der Waals surface area contributed by atoms with Gasteiger partial charge in [0.2, 0.25) is 0 Å². The molecule has 0 amide bonds. The Bertz CT molecular complexity index is 491. The molecule has 0 saturated carbocycles. The van der Waals surface area contributed by atoms with Crippen molar-refractivity contribution in [1.82, 2.24) is 19.7 Å². The first-order valence-electron chi connectivity index (χ1n) is 9.09. The summed E-state index contributed by atoms with van der Waals surface area (Å²) in [7, 11) is 0. The lowest BCUT2D eigenvalue weighted by atomic mass is 10.2. The first-order valence-corrected chi connectivity index (χ1v) is 9.09. The summed E-state index contributed by atoms with van der Waals surface area (Å²) < 4.78 is 0. The lowest BCUT2D eigenvalue weighted by Gasteiger charge is -2.27. The maximum atomic E-state index is 9.99. The number of hydrogen-bond acceptors (Lipinski definition) is 7. The van der Waals surface area contributed by atoms with E-state index in [4.69, 9.17) is 0 Å².